The first kappa shape index (κ1) is 17.5. The van der Waals surface area contributed by atoms with E-state index in [-0.39, 0.29) is 0 Å². The summed E-state index contributed by atoms with van der Waals surface area (Å²) in [6.07, 6.45) is 10.0. The summed E-state index contributed by atoms with van der Waals surface area (Å²) in [5.74, 6) is 0.0718. The number of aromatic nitrogens is 5. The summed E-state index contributed by atoms with van der Waals surface area (Å²) < 4.78 is 18.1. The monoisotopic (exact) mass is 379 g/mol. The Morgan fingerprint density at radius 1 is 1.29 bits per heavy atom. The molecule has 3 aromatic heterocycles. The smallest absolute Gasteiger partial charge is 0.180 e. The average molecular weight is 379 g/mol. The van der Waals surface area contributed by atoms with Crippen LogP contribution in [0.25, 0.3) is 16.9 Å². The van der Waals surface area contributed by atoms with Crippen molar-refractivity contribution in [3.63, 3.8) is 0 Å². The summed E-state index contributed by atoms with van der Waals surface area (Å²) in [7, 11) is 3.47. The highest BCUT2D eigenvalue weighted by molar-refractivity contribution is 5.74. The van der Waals surface area contributed by atoms with Gasteiger partial charge in [-0.1, -0.05) is 0 Å². The Kier molecular flexibility index (Phi) is 4.36. The second-order valence-corrected chi connectivity index (χ2v) is 6.09. The Morgan fingerprint density at radius 2 is 2.14 bits per heavy atom. The molecule has 0 aliphatic rings. The van der Waals surface area contributed by atoms with Gasteiger partial charge in [-0.05, 0) is 18.2 Å². The van der Waals surface area contributed by atoms with E-state index in [1.54, 1.807) is 42.5 Å². The number of nitrogens with two attached hydrogens (primary N) is 1. The highest BCUT2D eigenvalue weighted by Crippen LogP contribution is 2.27. The number of halogens is 1. The van der Waals surface area contributed by atoms with Crippen LogP contribution >= 0.6 is 0 Å². The van der Waals surface area contributed by atoms with E-state index in [0.29, 0.717) is 22.8 Å². The summed E-state index contributed by atoms with van der Waals surface area (Å²) in [5, 5.41) is 12.5. The fourth-order valence-corrected chi connectivity index (χ4v) is 2.92. The number of fused-ring (bicyclic) bond motifs is 1. The van der Waals surface area contributed by atoms with Crippen molar-refractivity contribution >= 4 is 29.2 Å². The third-order valence-corrected chi connectivity index (χ3v) is 4.23. The zero-order valence-corrected chi connectivity index (χ0v) is 15.3. The zero-order chi connectivity index (χ0) is 19.7. The van der Waals surface area contributed by atoms with Gasteiger partial charge in [-0.15, -0.1) is 0 Å². The van der Waals surface area contributed by atoms with Crippen molar-refractivity contribution in [2.75, 3.05) is 17.4 Å². The van der Waals surface area contributed by atoms with Gasteiger partial charge in [0.25, 0.3) is 0 Å². The van der Waals surface area contributed by atoms with Crippen LogP contribution in [0.1, 0.15) is 0 Å². The largest absolute Gasteiger partial charge is 0.388 e. The predicted octanol–water partition coefficient (Wildman–Crippen LogP) is 2.35. The Morgan fingerprint density at radius 3 is 2.86 bits per heavy atom. The molecule has 0 spiro atoms. The van der Waals surface area contributed by atoms with Crippen molar-refractivity contribution in [2.45, 2.75) is 0 Å². The lowest BCUT2D eigenvalue weighted by Gasteiger charge is -2.14. The van der Waals surface area contributed by atoms with Gasteiger partial charge >= 0.3 is 0 Å². The van der Waals surface area contributed by atoms with Gasteiger partial charge in [0.1, 0.15) is 12.2 Å². The van der Waals surface area contributed by atoms with Crippen LogP contribution in [0.15, 0.2) is 54.3 Å². The molecular formula is C18H18FN9. The van der Waals surface area contributed by atoms with Gasteiger partial charge in [0.15, 0.2) is 11.5 Å². The first-order valence-corrected chi connectivity index (χ1v) is 8.42. The van der Waals surface area contributed by atoms with Crippen LogP contribution in [-0.2, 0) is 7.05 Å². The van der Waals surface area contributed by atoms with Crippen molar-refractivity contribution < 1.29 is 4.39 Å². The molecule has 4 rings (SSSR count). The van der Waals surface area contributed by atoms with E-state index in [0.717, 1.165) is 17.6 Å². The van der Waals surface area contributed by atoms with Crippen molar-refractivity contribution in [3.05, 3.63) is 55.0 Å². The highest BCUT2D eigenvalue weighted by Gasteiger charge is 2.13. The first-order valence-electron chi connectivity index (χ1n) is 8.42. The number of nitrogens with one attached hydrogen (secondary N) is 1. The van der Waals surface area contributed by atoms with E-state index < -0.39 is 5.82 Å². The number of aryl methyl sites for hydroxylation is 1. The quantitative estimate of drug-likeness (QED) is 0.314. The molecule has 9 nitrogen and oxygen atoms in total. The topological polar surface area (TPSA) is 102 Å². The molecule has 10 heteroatoms. The number of benzene rings is 1. The minimum atomic E-state index is -0.440. The van der Waals surface area contributed by atoms with Crippen molar-refractivity contribution in [1.29, 1.82) is 0 Å². The maximum absolute atomic E-state index is 14.4. The zero-order valence-electron chi connectivity index (χ0n) is 15.3. The number of hydrazone groups is 1. The molecule has 0 fully saturated rings. The lowest BCUT2D eigenvalue weighted by atomic mass is 10.2. The molecule has 0 aliphatic carbocycles. The number of hydrogen-bond acceptors (Lipinski definition) is 6. The molecule has 0 amide bonds. The van der Waals surface area contributed by atoms with Gasteiger partial charge in [0, 0.05) is 43.9 Å². The second-order valence-electron chi connectivity index (χ2n) is 6.09. The molecule has 4 aromatic rings. The van der Waals surface area contributed by atoms with Crippen molar-refractivity contribution in [1.82, 2.24) is 24.1 Å². The summed E-state index contributed by atoms with van der Waals surface area (Å²) >= 11 is 0. The van der Waals surface area contributed by atoms with Crippen molar-refractivity contribution in [3.8, 4) is 11.3 Å². The molecule has 0 aliphatic heterocycles. The molecule has 0 bridgehead atoms. The van der Waals surface area contributed by atoms with Crippen LogP contribution in [0.5, 0.6) is 0 Å². The molecule has 0 saturated carbocycles. The molecule has 0 saturated heterocycles. The Bertz CT molecular complexity index is 1160. The maximum Gasteiger partial charge on any atom is 0.180 e. The Balaban J connectivity index is 1.67. The number of rotatable bonds is 5. The average Bonchev–Trinajstić information content (AvgIpc) is 3.28. The second kappa shape index (κ2) is 6.99. The van der Waals surface area contributed by atoms with Crippen LogP contribution in [-0.4, -0.2) is 37.5 Å². The SMILES string of the molecule is CN(/N=C\N)c1ccc(Nc2nccn3c(-c4cnn(C)c4)cnc23)cc1F. The molecule has 0 atom stereocenters. The van der Waals surface area contributed by atoms with Crippen LogP contribution in [0.2, 0.25) is 0 Å². The summed E-state index contributed by atoms with van der Waals surface area (Å²) in [6.45, 7) is 0. The highest BCUT2D eigenvalue weighted by atomic mass is 19.1. The molecule has 0 unspecified atom stereocenters. The summed E-state index contributed by atoms with van der Waals surface area (Å²) in [4.78, 5) is 8.80. The van der Waals surface area contributed by atoms with Crippen molar-refractivity contribution in [2.24, 2.45) is 17.9 Å². The van der Waals surface area contributed by atoms with Gasteiger partial charge in [-0.2, -0.15) is 10.2 Å². The minimum absolute atomic E-state index is 0.304. The molecule has 1 aromatic carbocycles. The van der Waals surface area contributed by atoms with E-state index >= 15 is 0 Å². The fraction of sp³-hybridized carbons (Fsp3) is 0.111. The number of anilines is 3. The van der Waals surface area contributed by atoms with E-state index in [9.17, 15) is 4.39 Å². The lowest BCUT2D eigenvalue weighted by molar-refractivity contribution is 0.625. The maximum atomic E-state index is 14.4. The standard InChI is InChI=1S/C18H18FN9/c1-26-10-12(8-23-26)16-9-22-18-17(21-5-6-28(16)18)25-13-3-4-15(14(19)7-13)27(2)24-11-20/h3-11H,1-2H3,(H2,20,24)(H,21,25). The molecule has 28 heavy (non-hydrogen) atoms. The van der Waals surface area contributed by atoms with Crippen LogP contribution in [0.4, 0.5) is 21.6 Å². The minimum Gasteiger partial charge on any atom is -0.388 e. The third kappa shape index (κ3) is 3.11. The van der Waals surface area contributed by atoms with Gasteiger partial charge in [0.05, 0.1) is 23.8 Å². The van der Waals surface area contributed by atoms with E-state index in [2.05, 4.69) is 25.5 Å². The van der Waals surface area contributed by atoms with Crippen LogP contribution in [0, 0.1) is 5.82 Å². The Hall–Kier alpha value is -3.95. The van der Waals surface area contributed by atoms with Crippen LogP contribution < -0.4 is 16.1 Å². The number of nitrogens with zero attached hydrogens (tertiary/aromatic N) is 7. The third-order valence-electron chi connectivity index (χ3n) is 4.23. The lowest BCUT2D eigenvalue weighted by Crippen LogP contribution is -2.12. The van der Waals surface area contributed by atoms with Crippen LogP contribution in [0.3, 0.4) is 0 Å². The molecule has 0 radical (unpaired) electrons. The Labute approximate surface area is 159 Å². The molecule has 3 N–H and O–H groups in total. The van der Waals surface area contributed by atoms with E-state index in [1.807, 2.05) is 23.8 Å². The number of imidazole rings is 1. The van der Waals surface area contributed by atoms with E-state index in [1.165, 1.54) is 11.1 Å². The molecule has 142 valence electrons. The van der Waals surface area contributed by atoms with Gasteiger partial charge in [0.2, 0.25) is 0 Å². The first-order chi connectivity index (χ1) is 13.6. The van der Waals surface area contributed by atoms with E-state index in [4.69, 9.17) is 5.73 Å². The summed E-state index contributed by atoms with van der Waals surface area (Å²) in [6, 6.07) is 4.71. The normalized spacial score (nSPS) is 11.4. The van der Waals surface area contributed by atoms with Gasteiger partial charge < -0.3 is 11.1 Å². The fourth-order valence-electron chi connectivity index (χ4n) is 2.92. The van der Waals surface area contributed by atoms with Gasteiger partial charge in [-0.3, -0.25) is 14.1 Å². The van der Waals surface area contributed by atoms with Gasteiger partial charge in [-0.25, -0.2) is 14.4 Å². The molecule has 3 heterocycles. The molecular weight excluding hydrogens is 361 g/mol. The summed E-state index contributed by atoms with van der Waals surface area (Å²) in [5.41, 5.74) is 8.54. The number of hydrogen-bond donors (Lipinski definition) is 2. The predicted molar refractivity (Wildman–Crippen MR) is 106 cm³/mol.